The third kappa shape index (κ3) is 3.53. The van der Waals surface area contributed by atoms with Crippen molar-refractivity contribution in [3.05, 3.63) is 0 Å². The van der Waals surface area contributed by atoms with Gasteiger partial charge in [-0.05, 0) is 0 Å². The molecule has 0 spiro atoms. The Kier molecular flexibility index (Phi) is 3.08. The van der Waals surface area contributed by atoms with Crippen LogP contribution in [0.25, 0.3) is 0 Å². The van der Waals surface area contributed by atoms with Gasteiger partial charge in [0.1, 0.15) is 0 Å². The highest BCUT2D eigenvalue weighted by atomic mass is 31.2. The van der Waals surface area contributed by atoms with Crippen LogP contribution in [0.3, 0.4) is 0 Å². The normalized spacial score (nSPS) is 15.2. The quantitative estimate of drug-likeness (QED) is 0.533. The van der Waals surface area contributed by atoms with Crippen molar-refractivity contribution in [1.29, 1.82) is 0 Å². The van der Waals surface area contributed by atoms with E-state index in [4.69, 9.17) is 9.79 Å². The minimum absolute atomic E-state index is 4.60. The van der Waals surface area contributed by atoms with Crippen LogP contribution in [0.15, 0.2) is 0 Å². The largest absolute Gasteiger partial charge is 0.411 e. The van der Waals surface area contributed by atoms with Crippen LogP contribution >= 0.6 is 7.60 Å². The van der Waals surface area contributed by atoms with Crippen LogP contribution in [0.5, 0.6) is 0 Å². The van der Waals surface area contributed by atoms with Gasteiger partial charge in [-0.1, -0.05) is 0 Å². The predicted octanol–water partition coefficient (Wildman–Crippen LogP) is 1.66. The van der Waals surface area contributed by atoms with E-state index in [2.05, 4.69) is 0 Å². The van der Waals surface area contributed by atoms with Gasteiger partial charge in [-0.2, -0.15) is 26.3 Å². The summed E-state index contributed by atoms with van der Waals surface area (Å²) in [5.74, 6) is 0. The Morgan fingerprint density at radius 3 is 1.15 bits per heavy atom. The Balaban J connectivity index is 5.15. The summed E-state index contributed by atoms with van der Waals surface area (Å²) in [6.45, 7) is 0. The van der Waals surface area contributed by atoms with Crippen molar-refractivity contribution in [1.82, 2.24) is 0 Å². The minimum Gasteiger partial charge on any atom is -0.324 e. The molecule has 0 saturated carbocycles. The Morgan fingerprint density at radius 2 is 1.15 bits per heavy atom. The molecule has 0 aliphatic rings. The number of hydrogen-bond acceptors (Lipinski definition) is 1. The zero-order valence-electron chi connectivity index (χ0n) is 5.60. The number of rotatable bonds is 1. The summed E-state index contributed by atoms with van der Waals surface area (Å²) >= 11 is 0. The van der Waals surface area contributed by atoms with Gasteiger partial charge in [0, 0.05) is 0 Å². The first-order chi connectivity index (χ1) is 5.37. The summed E-state index contributed by atoms with van der Waals surface area (Å²) in [4.78, 5) is 15.6. The smallest absolute Gasteiger partial charge is 0.324 e. The average Bonchev–Trinajstić information content (AvgIpc) is 1.44. The highest BCUT2D eigenvalue weighted by molar-refractivity contribution is 7.52. The molecule has 0 amide bonds. The maximum absolute atomic E-state index is 11.5. The molecular weight excluding hydrogens is 229 g/mol. The molecule has 3 nitrogen and oxygen atoms in total. The second-order valence-corrected chi connectivity index (χ2v) is 3.77. The Bertz CT molecular complexity index is 210. The zero-order chi connectivity index (χ0) is 11.1. The van der Waals surface area contributed by atoms with Crippen LogP contribution in [0.2, 0.25) is 0 Å². The Hall–Kier alpha value is -0.270. The molecule has 0 aromatic heterocycles. The van der Waals surface area contributed by atoms with Crippen molar-refractivity contribution in [3.8, 4) is 0 Å². The van der Waals surface area contributed by atoms with E-state index in [0.29, 0.717) is 0 Å². The molecular formula is C3H3F6O3P. The van der Waals surface area contributed by atoms with Crippen molar-refractivity contribution in [3.63, 3.8) is 0 Å². The van der Waals surface area contributed by atoms with Gasteiger partial charge in [0.05, 0.1) is 0 Å². The summed E-state index contributed by atoms with van der Waals surface area (Å²) in [5.41, 5.74) is -4.60. The van der Waals surface area contributed by atoms with E-state index in [0.717, 1.165) is 0 Å². The molecule has 13 heavy (non-hydrogen) atoms. The monoisotopic (exact) mass is 232 g/mol. The van der Waals surface area contributed by atoms with Crippen LogP contribution in [0.4, 0.5) is 26.3 Å². The predicted molar refractivity (Wildman–Crippen MR) is 27.9 cm³/mol. The number of hydrogen-bond donors (Lipinski definition) is 2. The van der Waals surface area contributed by atoms with E-state index < -0.39 is 25.6 Å². The molecule has 0 radical (unpaired) electrons. The third-order valence-corrected chi connectivity index (χ3v) is 2.21. The highest BCUT2D eigenvalue weighted by Gasteiger charge is 2.65. The molecule has 0 aromatic rings. The van der Waals surface area contributed by atoms with Crippen LogP contribution in [-0.2, 0) is 4.57 Å². The first-order valence-electron chi connectivity index (χ1n) is 2.55. The molecule has 10 heteroatoms. The molecule has 0 heterocycles. The number of halogens is 6. The lowest BCUT2D eigenvalue weighted by Crippen LogP contribution is -2.41. The minimum atomic E-state index is -6.27. The molecule has 0 aliphatic heterocycles. The topological polar surface area (TPSA) is 57.5 Å². The summed E-state index contributed by atoms with van der Waals surface area (Å²) in [6, 6.07) is 0. The fourth-order valence-corrected chi connectivity index (χ4v) is 1.33. The van der Waals surface area contributed by atoms with E-state index in [-0.39, 0.29) is 0 Å². The van der Waals surface area contributed by atoms with Gasteiger partial charge in [-0.15, -0.1) is 0 Å². The van der Waals surface area contributed by atoms with Gasteiger partial charge in [0.25, 0.3) is 5.66 Å². The first-order valence-corrected chi connectivity index (χ1v) is 4.23. The van der Waals surface area contributed by atoms with Crippen LogP contribution in [0, 0.1) is 0 Å². The standard InChI is InChI=1S/C3H3F6O3P/c4-2(5,6)1(3(7,8)9)13(10,11)12/h1H,(H2,10,11,12). The molecule has 0 aromatic carbocycles. The lowest BCUT2D eigenvalue weighted by molar-refractivity contribution is -0.230. The van der Waals surface area contributed by atoms with Crippen molar-refractivity contribution in [2.24, 2.45) is 0 Å². The van der Waals surface area contributed by atoms with Crippen molar-refractivity contribution in [2.45, 2.75) is 18.0 Å². The van der Waals surface area contributed by atoms with Gasteiger partial charge in [0.2, 0.25) is 0 Å². The Labute approximate surface area is 67.5 Å². The van der Waals surface area contributed by atoms with Gasteiger partial charge >= 0.3 is 19.9 Å². The number of alkyl halides is 6. The van der Waals surface area contributed by atoms with Crippen molar-refractivity contribution in [2.75, 3.05) is 0 Å². The third-order valence-electron chi connectivity index (χ3n) is 0.956. The second kappa shape index (κ2) is 3.14. The van der Waals surface area contributed by atoms with Gasteiger partial charge in [-0.25, -0.2) is 0 Å². The van der Waals surface area contributed by atoms with Crippen LogP contribution < -0.4 is 0 Å². The van der Waals surface area contributed by atoms with Crippen molar-refractivity contribution < 1.29 is 40.7 Å². The molecule has 0 aliphatic carbocycles. The summed E-state index contributed by atoms with van der Waals surface area (Å²) in [7, 11) is -6.27. The van der Waals surface area contributed by atoms with Crippen molar-refractivity contribution >= 4 is 7.60 Å². The van der Waals surface area contributed by atoms with Gasteiger partial charge in [-0.3, -0.25) is 4.57 Å². The fourth-order valence-electron chi connectivity index (χ4n) is 0.567. The molecule has 0 atom stereocenters. The van der Waals surface area contributed by atoms with E-state index in [1.807, 2.05) is 0 Å². The molecule has 0 bridgehead atoms. The average molecular weight is 232 g/mol. The lowest BCUT2D eigenvalue weighted by Gasteiger charge is -2.23. The van der Waals surface area contributed by atoms with E-state index in [9.17, 15) is 30.9 Å². The van der Waals surface area contributed by atoms with Crippen LogP contribution in [-0.4, -0.2) is 27.8 Å². The summed E-state index contributed by atoms with van der Waals surface area (Å²) in [5, 5.41) is 0. The Morgan fingerprint density at radius 1 is 0.923 bits per heavy atom. The van der Waals surface area contributed by atoms with Gasteiger partial charge in [0.15, 0.2) is 0 Å². The lowest BCUT2D eigenvalue weighted by atomic mass is 10.4. The second-order valence-electron chi connectivity index (χ2n) is 2.07. The highest BCUT2D eigenvalue weighted by Crippen LogP contribution is 2.55. The maximum Gasteiger partial charge on any atom is 0.411 e. The molecule has 0 rings (SSSR count). The molecule has 0 saturated heterocycles. The summed E-state index contributed by atoms with van der Waals surface area (Å²) in [6.07, 6.45) is -12.0. The SMILES string of the molecule is O=P(O)(O)C(C(F)(F)F)C(F)(F)F. The van der Waals surface area contributed by atoms with Crippen LogP contribution in [0.1, 0.15) is 0 Å². The summed E-state index contributed by atoms with van der Waals surface area (Å²) < 4.78 is 78.9. The molecule has 80 valence electrons. The van der Waals surface area contributed by atoms with E-state index in [1.54, 1.807) is 0 Å². The van der Waals surface area contributed by atoms with Gasteiger partial charge < -0.3 is 9.79 Å². The fraction of sp³-hybridized carbons (Fsp3) is 1.00. The molecule has 0 unspecified atom stereocenters. The zero-order valence-corrected chi connectivity index (χ0v) is 6.49. The first kappa shape index (κ1) is 12.7. The molecule has 2 N–H and O–H groups in total. The maximum atomic E-state index is 11.5. The molecule has 0 fully saturated rings. The van der Waals surface area contributed by atoms with E-state index >= 15 is 0 Å². The van der Waals surface area contributed by atoms with E-state index in [1.165, 1.54) is 0 Å².